The number of nitrogens with zero attached hydrogens (tertiary/aromatic N) is 2. The minimum atomic E-state index is 0.516. The Balaban J connectivity index is 1.81. The summed E-state index contributed by atoms with van der Waals surface area (Å²) in [4.78, 5) is 5.03. The first-order valence-corrected chi connectivity index (χ1v) is 9.68. The van der Waals surface area contributed by atoms with E-state index in [4.69, 9.17) is 10.7 Å². The van der Waals surface area contributed by atoms with Crippen LogP contribution < -0.4 is 5.73 Å². The Hall–Kier alpha value is -2.07. The van der Waals surface area contributed by atoms with Gasteiger partial charge in [-0.2, -0.15) is 0 Å². The lowest BCUT2D eigenvalue weighted by atomic mass is 10.1. The smallest absolute Gasteiger partial charge is 0.132 e. The van der Waals surface area contributed by atoms with E-state index in [0.717, 1.165) is 33.9 Å². The van der Waals surface area contributed by atoms with E-state index >= 15 is 0 Å². The van der Waals surface area contributed by atoms with Crippen molar-refractivity contribution >= 4 is 21.7 Å². The van der Waals surface area contributed by atoms with Gasteiger partial charge in [-0.1, -0.05) is 77.3 Å². The summed E-state index contributed by atoms with van der Waals surface area (Å²) in [5, 5.41) is 0. The number of anilines is 1. The van der Waals surface area contributed by atoms with E-state index in [1.807, 2.05) is 24.3 Å². The molecule has 0 bridgehead atoms. The molecule has 3 nitrogen and oxygen atoms in total. The highest BCUT2D eigenvalue weighted by atomic mass is 79.9. The Bertz CT molecular complexity index is 864. The van der Waals surface area contributed by atoms with E-state index in [2.05, 4.69) is 50.8 Å². The average Bonchev–Trinajstić information content (AvgIpc) is 3.26. The summed E-state index contributed by atoms with van der Waals surface area (Å²) in [6, 6.07) is 18.7. The molecule has 0 atom stereocenters. The van der Waals surface area contributed by atoms with Crippen molar-refractivity contribution in [3.8, 4) is 11.3 Å². The average molecular weight is 396 g/mol. The minimum Gasteiger partial charge on any atom is -0.383 e. The van der Waals surface area contributed by atoms with Crippen LogP contribution >= 0.6 is 15.9 Å². The minimum absolute atomic E-state index is 0.516. The normalized spacial score (nSPS) is 14.9. The van der Waals surface area contributed by atoms with Gasteiger partial charge >= 0.3 is 0 Å². The van der Waals surface area contributed by atoms with E-state index in [1.165, 1.54) is 31.2 Å². The van der Waals surface area contributed by atoms with Gasteiger partial charge in [-0.3, -0.25) is 0 Å². The molecule has 0 amide bonds. The Morgan fingerprint density at radius 2 is 1.68 bits per heavy atom. The summed E-state index contributed by atoms with van der Waals surface area (Å²) in [5.41, 5.74) is 9.81. The number of rotatable bonds is 4. The zero-order valence-corrected chi connectivity index (χ0v) is 15.7. The molecule has 1 heterocycles. The van der Waals surface area contributed by atoms with E-state index < -0.39 is 0 Å². The van der Waals surface area contributed by atoms with E-state index in [9.17, 15) is 0 Å². The molecule has 0 unspecified atom stereocenters. The highest BCUT2D eigenvalue weighted by Crippen LogP contribution is 2.39. The topological polar surface area (TPSA) is 43.8 Å². The molecule has 1 aliphatic rings. The van der Waals surface area contributed by atoms with Crippen LogP contribution in [-0.2, 0) is 6.54 Å². The highest BCUT2D eigenvalue weighted by Gasteiger charge is 2.26. The van der Waals surface area contributed by atoms with Crippen molar-refractivity contribution < 1.29 is 0 Å². The molecule has 1 fully saturated rings. The van der Waals surface area contributed by atoms with Gasteiger partial charge in [-0.15, -0.1) is 0 Å². The maximum absolute atomic E-state index is 6.60. The Labute approximate surface area is 157 Å². The van der Waals surface area contributed by atoms with Gasteiger partial charge in [0.15, 0.2) is 0 Å². The molecule has 3 aromatic rings. The molecule has 2 N–H and O–H groups in total. The standard InChI is InChI=1S/C21H22BrN3/c22-18-13-7-6-12-17(18)19-20(23)25(14-15-8-2-1-3-9-15)21(24-19)16-10-4-5-11-16/h1-3,6-9,12-13,16H,4-5,10-11,14,23H2. The van der Waals surface area contributed by atoms with Gasteiger partial charge in [0, 0.05) is 16.0 Å². The number of imidazole rings is 1. The van der Waals surface area contributed by atoms with Crippen molar-refractivity contribution in [2.24, 2.45) is 0 Å². The van der Waals surface area contributed by atoms with E-state index in [0.29, 0.717) is 5.92 Å². The first kappa shape index (κ1) is 16.4. The van der Waals surface area contributed by atoms with Crippen LogP contribution in [0.15, 0.2) is 59.1 Å². The van der Waals surface area contributed by atoms with Gasteiger partial charge in [0.05, 0.1) is 6.54 Å². The molecule has 1 aromatic heterocycles. The molecule has 0 aliphatic heterocycles. The molecule has 25 heavy (non-hydrogen) atoms. The van der Waals surface area contributed by atoms with Crippen LogP contribution in [0.1, 0.15) is 43.0 Å². The molecule has 128 valence electrons. The van der Waals surface area contributed by atoms with Gasteiger partial charge < -0.3 is 10.3 Å². The maximum atomic E-state index is 6.60. The van der Waals surface area contributed by atoms with Crippen LogP contribution in [0, 0.1) is 0 Å². The van der Waals surface area contributed by atoms with Crippen LogP contribution in [0.25, 0.3) is 11.3 Å². The van der Waals surface area contributed by atoms with Gasteiger partial charge in [0.1, 0.15) is 17.3 Å². The third-order valence-corrected chi connectivity index (χ3v) is 5.76. The molecule has 0 radical (unpaired) electrons. The summed E-state index contributed by atoms with van der Waals surface area (Å²) in [7, 11) is 0. The Morgan fingerprint density at radius 1 is 1.00 bits per heavy atom. The van der Waals surface area contributed by atoms with Crippen LogP contribution in [0.4, 0.5) is 5.82 Å². The number of benzene rings is 2. The number of aromatic nitrogens is 2. The lowest BCUT2D eigenvalue weighted by Crippen LogP contribution is -2.10. The molecule has 4 heteroatoms. The lowest BCUT2D eigenvalue weighted by molar-refractivity contribution is 0.614. The highest BCUT2D eigenvalue weighted by molar-refractivity contribution is 9.10. The number of hydrogen-bond donors (Lipinski definition) is 1. The summed E-state index contributed by atoms with van der Waals surface area (Å²) in [5.74, 6) is 2.42. The van der Waals surface area contributed by atoms with Gasteiger partial charge in [0.2, 0.25) is 0 Å². The largest absolute Gasteiger partial charge is 0.383 e. The molecule has 1 saturated carbocycles. The first-order chi connectivity index (χ1) is 12.2. The first-order valence-electron chi connectivity index (χ1n) is 8.89. The lowest BCUT2D eigenvalue weighted by Gasteiger charge is -2.14. The number of nitrogens with two attached hydrogens (primary N) is 1. The third-order valence-electron chi connectivity index (χ3n) is 5.07. The van der Waals surface area contributed by atoms with Crippen molar-refractivity contribution in [3.05, 3.63) is 70.5 Å². The fourth-order valence-corrected chi connectivity index (χ4v) is 4.24. The quantitative estimate of drug-likeness (QED) is 0.624. The molecule has 2 aromatic carbocycles. The van der Waals surface area contributed by atoms with Crippen LogP contribution in [0.2, 0.25) is 0 Å². The molecular weight excluding hydrogens is 374 g/mol. The van der Waals surface area contributed by atoms with Crippen LogP contribution in [0.3, 0.4) is 0 Å². The van der Waals surface area contributed by atoms with E-state index in [1.54, 1.807) is 0 Å². The second-order valence-corrected chi connectivity index (χ2v) is 7.59. The van der Waals surface area contributed by atoms with Gasteiger partial charge in [0.25, 0.3) is 0 Å². The second-order valence-electron chi connectivity index (χ2n) is 6.74. The molecular formula is C21H22BrN3. The van der Waals surface area contributed by atoms with Crippen LogP contribution in [0.5, 0.6) is 0 Å². The van der Waals surface area contributed by atoms with Crippen LogP contribution in [-0.4, -0.2) is 9.55 Å². The predicted octanol–water partition coefficient (Wildman–Crippen LogP) is 5.60. The van der Waals surface area contributed by atoms with Crippen molar-refractivity contribution in [2.75, 3.05) is 5.73 Å². The van der Waals surface area contributed by atoms with E-state index in [-0.39, 0.29) is 0 Å². The predicted molar refractivity (Wildman–Crippen MR) is 107 cm³/mol. The zero-order valence-electron chi connectivity index (χ0n) is 14.2. The summed E-state index contributed by atoms with van der Waals surface area (Å²) < 4.78 is 3.25. The summed E-state index contributed by atoms with van der Waals surface area (Å²) in [6.45, 7) is 0.774. The fraction of sp³-hybridized carbons (Fsp3) is 0.286. The number of nitrogen functional groups attached to an aromatic ring is 1. The maximum Gasteiger partial charge on any atom is 0.132 e. The number of halogens is 1. The van der Waals surface area contributed by atoms with Crippen molar-refractivity contribution in [2.45, 2.75) is 38.1 Å². The monoisotopic (exact) mass is 395 g/mol. The second kappa shape index (κ2) is 7.04. The van der Waals surface area contributed by atoms with Gasteiger partial charge in [-0.05, 0) is 24.5 Å². The van der Waals surface area contributed by atoms with Crippen molar-refractivity contribution in [1.82, 2.24) is 9.55 Å². The molecule has 4 rings (SSSR count). The van der Waals surface area contributed by atoms with Crippen molar-refractivity contribution in [1.29, 1.82) is 0 Å². The summed E-state index contributed by atoms with van der Waals surface area (Å²) >= 11 is 3.65. The SMILES string of the molecule is Nc1c(-c2ccccc2Br)nc(C2CCCC2)n1Cc1ccccc1. The Kier molecular flexibility index (Phi) is 4.62. The number of hydrogen-bond acceptors (Lipinski definition) is 2. The Morgan fingerprint density at radius 3 is 2.40 bits per heavy atom. The molecule has 1 aliphatic carbocycles. The zero-order chi connectivity index (χ0) is 17.2. The van der Waals surface area contributed by atoms with Gasteiger partial charge in [-0.25, -0.2) is 4.98 Å². The summed E-state index contributed by atoms with van der Waals surface area (Å²) in [6.07, 6.45) is 4.99. The molecule has 0 saturated heterocycles. The van der Waals surface area contributed by atoms with Crippen molar-refractivity contribution in [3.63, 3.8) is 0 Å². The molecule has 0 spiro atoms. The fourth-order valence-electron chi connectivity index (χ4n) is 3.76. The third kappa shape index (κ3) is 3.23.